The van der Waals surface area contributed by atoms with E-state index in [9.17, 15) is 0 Å². The van der Waals surface area contributed by atoms with Crippen molar-refractivity contribution in [3.63, 3.8) is 0 Å². The van der Waals surface area contributed by atoms with Crippen molar-refractivity contribution >= 4 is 32.3 Å². The van der Waals surface area contributed by atoms with Gasteiger partial charge in [-0.1, -0.05) is 126 Å². The number of fused-ring (bicyclic) bond motifs is 3. The first-order valence-corrected chi connectivity index (χ1v) is 13.6. The second kappa shape index (κ2) is 9.30. The molecule has 0 aromatic heterocycles. The van der Waals surface area contributed by atoms with Crippen LogP contribution in [0.15, 0.2) is 84.9 Å². The average Bonchev–Trinajstić information content (AvgIpc) is 2.85. The predicted molar refractivity (Wildman–Crippen MR) is 163 cm³/mol. The fourth-order valence-corrected chi connectivity index (χ4v) is 6.48. The van der Waals surface area contributed by atoms with E-state index in [1.165, 1.54) is 54.6 Å². The maximum Gasteiger partial charge on any atom is 0.0233 e. The zero-order chi connectivity index (χ0) is 26.5. The van der Waals surface area contributed by atoms with Crippen molar-refractivity contribution in [1.82, 2.24) is 4.90 Å². The van der Waals surface area contributed by atoms with E-state index in [4.69, 9.17) is 0 Å². The molecule has 0 aliphatic carbocycles. The number of nitrogens with zero attached hydrogens (tertiary/aromatic N) is 1. The Morgan fingerprint density at radius 3 is 1.46 bits per heavy atom. The molecule has 0 amide bonds. The van der Waals surface area contributed by atoms with Crippen molar-refractivity contribution in [3.05, 3.63) is 107 Å². The summed E-state index contributed by atoms with van der Waals surface area (Å²) in [7, 11) is 4.29. The molecule has 5 aromatic carbocycles. The molecule has 0 fully saturated rings. The van der Waals surface area contributed by atoms with E-state index in [2.05, 4.69) is 145 Å². The van der Waals surface area contributed by atoms with Crippen LogP contribution in [0.3, 0.4) is 0 Å². The van der Waals surface area contributed by atoms with Gasteiger partial charge in [-0.3, -0.25) is 0 Å². The van der Waals surface area contributed by atoms with E-state index in [0.717, 1.165) is 6.54 Å². The zero-order valence-electron chi connectivity index (χ0n) is 23.8. The molecule has 5 aromatic rings. The SMILES string of the molecule is CC(c1ccc(CN(C)C)c2ccccc12)C(C)(C)c1c2ccccc2c(C(C)(C)C)c2ccccc12. The van der Waals surface area contributed by atoms with Crippen LogP contribution in [0.5, 0.6) is 0 Å². The van der Waals surface area contributed by atoms with Crippen LogP contribution in [0.1, 0.15) is 69.7 Å². The quantitative estimate of drug-likeness (QED) is 0.223. The van der Waals surface area contributed by atoms with E-state index in [0.29, 0.717) is 5.92 Å². The fourth-order valence-electron chi connectivity index (χ4n) is 6.48. The van der Waals surface area contributed by atoms with Crippen LogP contribution in [0.4, 0.5) is 0 Å². The van der Waals surface area contributed by atoms with Gasteiger partial charge in [0, 0.05) is 6.54 Å². The Morgan fingerprint density at radius 1 is 0.568 bits per heavy atom. The Kier molecular flexibility index (Phi) is 6.40. The van der Waals surface area contributed by atoms with Crippen LogP contribution in [0, 0.1) is 0 Å². The molecule has 0 N–H and O–H groups in total. The van der Waals surface area contributed by atoms with Gasteiger partial charge in [0.15, 0.2) is 0 Å². The van der Waals surface area contributed by atoms with Crippen LogP contribution in [0.25, 0.3) is 32.3 Å². The predicted octanol–water partition coefficient (Wildman–Crippen LogP) is 9.59. The fraction of sp³-hybridized carbons (Fsp3) is 0.333. The van der Waals surface area contributed by atoms with Gasteiger partial charge in [-0.2, -0.15) is 0 Å². The summed E-state index contributed by atoms with van der Waals surface area (Å²) in [5.74, 6) is 0.318. The molecule has 0 bridgehead atoms. The van der Waals surface area contributed by atoms with Crippen molar-refractivity contribution in [2.75, 3.05) is 14.1 Å². The topological polar surface area (TPSA) is 3.24 Å². The smallest absolute Gasteiger partial charge is 0.0233 e. The molecule has 1 heteroatoms. The largest absolute Gasteiger partial charge is 0.305 e. The Labute approximate surface area is 223 Å². The molecule has 190 valence electrons. The molecule has 0 saturated carbocycles. The standard InChI is InChI=1S/C36H41N/c1-24(26-22-21-25(23-37(7)8)27-15-9-10-16-28(26)27)36(5,6)34-31-19-13-11-17-29(31)33(35(2,3)4)30-18-12-14-20-32(30)34/h9-22,24H,23H2,1-8H3. The lowest BCUT2D eigenvalue weighted by atomic mass is 9.66. The summed E-state index contributed by atoms with van der Waals surface area (Å²) in [6, 6.07) is 31.9. The van der Waals surface area contributed by atoms with Crippen molar-refractivity contribution in [2.24, 2.45) is 0 Å². The molecule has 1 nitrogen and oxygen atoms in total. The summed E-state index contributed by atoms with van der Waals surface area (Å²) in [6.45, 7) is 15.3. The van der Waals surface area contributed by atoms with Gasteiger partial charge < -0.3 is 4.90 Å². The molecule has 1 unspecified atom stereocenters. The number of hydrogen-bond acceptors (Lipinski definition) is 1. The summed E-state index contributed by atoms with van der Waals surface area (Å²) >= 11 is 0. The minimum atomic E-state index is -0.0958. The van der Waals surface area contributed by atoms with Gasteiger partial charge in [0.05, 0.1) is 0 Å². The highest BCUT2D eigenvalue weighted by atomic mass is 15.0. The first-order chi connectivity index (χ1) is 17.5. The maximum atomic E-state index is 2.45. The van der Waals surface area contributed by atoms with Crippen molar-refractivity contribution in [2.45, 2.75) is 64.8 Å². The van der Waals surface area contributed by atoms with Gasteiger partial charge in [-0.05, 0) is 85.4 Å². The molecule has 0 spiro atoms. The third-order valence-corrected chi connectivity index (χ3v) is 8.41. The van der Waals surface area contributed by atoms with Crippen LogP contribution in [0.2, 0.25) is 0 Å². The van der Waals surface area contributed by atoms with Crippen molar-refractivity contribution in [3.8, 4) is 0 Å². The van der Waals surface area contributed by atoms with Gasteiger partial charge in [-0.15, -0.1) is 0 Å². The van der Waals surface area contributed by atoms with Crippen LogP contribution in [-0.2, 0) is 17.4 Å². The van der Waals surface area contributed by atoms with E-state index < -0.39 is 0 Å². The maximum absolute atomic E-state index is 2.45. The minimum Gasteiger partial charge on any atom is -0.305 e. The van der Waals surface area contributed by atoms with Gasteiger partial charge in [-0.25, -0.2) is 0 Å². The third-order valence-electron chi connectivity index (χ3n) is 8.41. The highest BCUT2D eigenvalue weighted by Crippen LogP contribution is 2.49. The lowest BCUT2D eigenvalue weighted by molar-refractivity contribution is 0.404. The number of benzene rings is 5. The van der Waals surface area contributed by atoms with Gasteiger partial charge >= 0.3 is 0 Å². The molecule has 0 radical (unpaired) electrons. The Balaban J connectivity index is 1.79. The van der Waals surface area contributed by atoms with Crippen LogP contribution >= 0.6 is 0 Å². The molecule has 0 saturated heterocycles. The second-order valence-corrected chi connectivity index (χ2v) is 12.6. The monoisotopic (exact) mass is 487 g/mol. The lowest BCUT2D eigenvalue weighted by Gasteiger charge is -2.37. The van der Waals surface area contributed by atoms with E-state index in [1.54, 1.807) is 0 Å². The van der Waals surface area contributed by atoms with Gasteiger partial charge in [0.1, 0.15) is 0 Å². The lowest BCUT2D eigenvalue weighted by Crippen LogP contribution is -2.27. The molecular formula is C36H41N. The van der Waals surface area contributed by atoms with E-state index in [1.807, 2.05) is 0 Å². The van der Waals surface area contributed by atoms with Gasteiger partial charge in [0.25, 0.3) is 0 Å². The summed E-state index contributed by atoms with van der Waals surface area (Å²) in [6.07, 6.45) is 0. The minimum absolute atomic E-state index is 0.0476. The Morgan fingerprint density at radius 2 is 1.00 bits per heavy atom. The first-order valence-electron chi connectivity index (χ1n) is 13.6. The summed E-state index contributed by atoms with van der Waals surface area (Å²) < 4.78 is 0. The van der Waals surface area contributed by atoms with Crippen LogP contribution < -0.4 is 0 Å². The highest BCUT2D eigenvalue weighted by Gasteiger charge is 2.35. The van der Waals surface area contributed by atoms with Crippen LogP contribution in [-0.4, -0.2) is 19.0 Å². The molecule has 0 aliphatic heterocycles. The van der Waals surface area contributed by atoms with Crippen molar-refractivity contribution < 1.29 is 0 Å². The van der Waals surface area contributed by atoms with E-state index in [-0.39, 0.29) is 10.8 Å². The second-order valence-electron chi connectivity index (χ2n) is 12.6. The Bertz CT molecular complexity index is 1540. The summed E-state index contributed by atoms with van der Waals surface area (Å²) in [4.78, 5) is 2.25. The normalized spacial score (nSPS) is 13.6. The molecule has 0 aliphatic rings. The summed E-state index contributed by atoms with van der Waals surface area (Å²) in [5.41, 5.74) is 5.67. The first kappa shape index (κ1) is 25.5. The molecule has 5 rings (SSSR count). The number of rotatable bonds is 5. The highest BCUT2D eigenvalue weighted by molar-refractivity contribution is 6.07. The average molecular weight is 488 g/mol. The number of hydrogen-bond donors (Lipinski definition) is 0. The third kappa shape index (κ3) is 4.34. The zero-order valence-corrected chi connectivity index (χ0v) is 23.8. The molecule has 37 heavy (non-hydrogen) atoms. The molecule has 0 heterocycles. The molecular weight excluding hydrogens is 446 g/mol. The van der Waals surface area contributed by atoms with Gasteiger partial charge in [0.2, 0.25) is 0 Å². The van der Waals surface area contributed by atoms with E-state index >= 15 is 0 Å². The molecule has 1 atom stereocenters. The Hall–Kier alpha value is -3.16. The van der Waals surface area contributed by atoms with Crippen molar-refractivity contribution in [1.29, 1.82) is 0 Å². The summed E-state index contributed by atoms with van der Waals surface area (Å²) in [5, 5.41) is 8.29.